The van der Waals surface area contributed by atoms with Crippen molar-refractivity contribution in [1.29, 1.82) is 0 Å². The fourth-order valence-electron chi connectivity index (χ4n) is 1.77. The third-order valence-corrected chi connectivity index (χ3v) is 3.83. The smallest absolute Gasteiger partial charge is 0.311 e. The number of furan rings is 1. The number of carbonyl (C=O) groups is 2. The molecule has 1 rings (SSSR count). The van der Waals surface area contributed by atoms with Crippen LogP contribution in [-0.4, -0.2) is 23.5 Å². The Labute approximate surface area is 126 Å². The second-order valence-corrected chi connectivity index (χ2v) is 5.27. The van der Waals surface area contributed by atoms with Crippen molar-refractivity contribution < 1.29 is 19.1 Å². The zero-order valence-corrected chi connectivity index (χ0v) is 13.1. The summed E-state index contributed by atoms with van der Waals surface area (Å²) in [5.41, 5.74) is -0.906. The normalized spacial score (nSPS) is 11.8. The first kappa shape index (κ1) is 16.5. The summed E-state index contributed by atoms with van der Waals surface area (Å²) in [6.07, 6.45) is 3.78. The Bertz CT molecular complexity index is 503. The summed E-state index contributed by atoms with van der Waals surface area (Å²) in [6, 6.07) is 3.44. The summed E-state index contributed by atoms with van der Waals surface area (Å²) in [7, 11) is 0. The number of hydrogen-bond donors (Lipinski definition) is 2. The van der Waals surface area contributed by atoms with Crippen LogP contribution in [0.3, 0.4) is 0 Å². The molecule has 0 aliphatic rings. The Morgan fingerprint density at radius 1 is 1.40 bits per heavy atom. The topological polar surface area (TPSA) is 79.5 Å². The summed E-state index contributed by atoms with van der Waals surface area (Å²) in [5.74, 6) is -0.686. The Balaban J connectivity index is 2.58. The lowest BCUT2D eigenvalue weighted by atomic mass is 9.82. The minimum absolute atomic E-state index is 0.111. The van der Waals surface area contributed by atoms with Gasteiger partial charge in [-0.1, -0.05) is 13.8 Å². The summed E-state index contributed by atoms with van der Waals surface area (Å²) in [4.78, 5) is 23.0. The van der Waals surface area contributed by atoms with E-state index in [0.717, 1.165) is 0 Å². The lowest BCUT2D eigenvalue weighted by molar-refractivity contribution is -0.149. The minimum atomic E-state index is -0.906. The van der Waals surface area contributed by atoms with E-state index < -0.39 is 11.4 Å². The van der Waals surface area contributed by atoms with Gasteiger partial charge >= 0.3 is 5.97 Å². The largest absolute Gasteiger partial charge is 0.481 e. The molecule has 6 heteroatoms. The zero-order chi connectivity index (χ0) is 15.2. The summed E-state index contributed by atoms with van der Waals surface area (Å²) in [6.45, 7) is 3.72. The molecule has 0 fully saturated rings. The molecule has 110 valence electrons. The van der Waals surface area contributed by atoms with Crippen LogP contribution >= 0.6 is 15.9 Å². The van der Waals surface area contributed by atoms with Crippen LogP contribution in [0.5, 0.6) is 0 Å². The molecular weight excluding hydrogens is 326 g/mol. The number of carboxylic acid groups (broad SMARTS) is 1. The van der Waals surface area contributed by atoms with E-state index in [1.165, 1.54) is 12.2 Å². The highest BCUT2D eigenvalue weighted by Gasteiger charge is 2.34. The molecule has 0 aromatic carbocycles. The second-order valence-electron chi connectivity index (χ2n) is 4.49. The molecule has 20 heavy (non-hydrogen) atoms. The molecule has 1 amide bonds. The first-order chi connectivity index (χ1) is 9.43. The van der Waals surface area contributed by atoms with E-state index >= 15 is 0 Å². The Hall–Kier alpha value is -1.56. The average molecular weight is 344 g/mol. The van der Waals surface area contributed by atoms with Crippen LogP contribution in [0, 0.1) is 5.41 Å². The van der Waals surface area contributed by atoms with Gasteiger partial charge < -0.3 is 14.8 Å². The van der Waals surface area contributed by atoms with Gasteiger partial charge in [-0.05, 0) is 47.0 Å². The number of aliphatic carboxylic acids is 1. The molecule has 1 heterocycles. The number of carbonyl (C=O) groups excluding carboxylic acids is 1. The lowest BCUT2D eigenvalue weighted by Gasteiger charge is -2.26. The van der Waals surface area contributed by atoms with Crippen LogP contribution in [0.4, 0.5) is 0 Å². The van der Waals surface area contributed by atoms with Crippen molar-refractivity contribution in [2.45, 2.75) is 26.7 Å². The van der Waals surface area contributed by atoms with Crippen molar-refractivity contribution in [3.05, 3.63) is 28.6 Å². The zero-order valence-electron chi connectivity index (χ0n) is 11.5. The van der Waals surface area contributed by atoms with E-state index in [1.54, 1.807) is 26.0 Å². The quantitative estimate of drug-likeness (QED) is 0.745. The van der Waals surface area contributed by atoms with E-state index in [-0.39, 0.29) is 12.5 Å². The number of hydrogen-bond acceptors (Lipinski definition) is 3. The number of halogens is 1. The van der Waals surface area contributed by atoms with Crippen molar-refractivity contribution in [1.82, 2.24) is 5.32 Å². The number of nitrogens with one attached hydrogen (secondary N) is 1. The molecule has 2 N–H and O–H groups in total. The molecule has 5 nitrogen and oxygen atoms in total. The molecule has 0 spiro atoms. The van der Waals surface area contributed by atoms with E-state index in [9.17, 15) is 14.7 Å². The van der Waals surface area contributed by atoms with Crippen LogP contribution in [0.25, 0.3) is 6.08 Å². The Morgan fingerprint density at radius 2 is 2.05 bits per heavy atom. The maximum atomic E-state index is 11.7. The first-order valence-corrected chi connectivity index (χ1v) is 7.17. The fraction of sp³-hybridized carbons (Fsp3) is 0.429. The molecule has 1 aromatic rings. The molecule has 0 atom stereocenters. The minimum Gasteiger partial charge on any atom is -0.481 e. The van der Waals surface area contributed by atoms with E-state index in [2.05, 4.69) is 21.2 Å². The van der Waals surface area contributed by atoms with E-state index in [0.29, 0.717) is 23.3 Å². The highest BCUT2D eigenvalue weighted by atomic mass is 79.9. The highest BCUT2D eigenvalue weighted by molar-refractivity contribution is 9.10. The lowest BCUT2D eigenvalue weighted by Crippen LogP contribution is -2.41. The molecular formula is C14H18BrNO4. The molecule has 0 aliphatic heterocycles. The van der Waals surface area contributed by atoms with Crippen LogP contribution < -0.4 is 5.32 Å². The molecule has 0 saturated heterocycles. The van der Waals surface area contributed by atoms with E-state index in [1.807, 2.05) is 0 Å². The summed E-state index contributed by atoms with van der Waals surface area (Å²) in [5, 5.41) is 11.9. The summed E-state index contributed by atoms with van der Waals surface area (Å²) < 4.78 is 5.80. The van der Waals surface area contributed by atoms with Gasteiger partial charge in [0.15, 0.2) is 4.67 Å². The van der Waals surface area contributed by atoms with Gasteiger partial charge in [-0.2, -0.15) is 0 Å². The molecule has 0 bridgehead atoms. The van der Waals surface area contributed by atoms with Gasteiger partial charge in [0.2, 0.25) is 5.91 Å². The second kappa shape index (κ2) is 7.28. The van der Waals surface area contributed by atoms with Gasteiger partial charge in [-0.25, -0.2) is 0 Å². The SMILES string of the molecule is CCC(CC)(CNC(=O)/C=C/c1ccc(Br)o1)C(=O)O. The first-order valence-electron chi connectivity index (χ1n) is 6.38. The van der Waals surface area contributed by atoms with Gasteiger partial charge in [0.05, 0.1) is 5.41 Å². The molecule has 0 radical (unpaired) electrons. The van der Waals surface area contributed by atoms with Crippen molar-refractivity contribution >= 4 is 33.9 Å². The Morgan fingerprint density at radius 3 is 2.50 bits per heavy atom. The van der Waals surface area contributed by atoms with Gasteiger partial charge in [0.25, 0.3) is 0 Å². The predicted molar refractivity (Wildman–Crippen MR) is 79.1 cm³/mol. The van der Waals surface area contributed by atoms with Crippen molar-refractivity contribution in [3.8, 4) is 0 Å². The highest BCUT2D eigenvalue weighted by Crippen LogP contribution is 2.25. The third-order valence-electron chi connectivity index (χ3n) is 3.40. The predicted octanol–water partition coefficient (Wildman–Crippen LogP) is 3.06. The van der Waals surface area contributed by atoms with Crippen LogP contribution in [-0.2, 0) is 9.59 Å². The maximum absolute atomic E-state index is 11.7. The monoisotopic (exact) mass is 343 g/mol. The molecule has 1 aromatic heterocycles. The van der Waals surface area contributed by atoms with Crippen LogP contribution in [0.1, 0.15) is 32.4 Å². The van der Waals surface area contributed by atoms with Gasteiger partial charge in [-0.3, -0.25) is 9.59 Å². The van der Waals surface area contributed by atoms with Crippen molar-refractivity contribution in [3.63, 3.8) is 0 Å². The van der Waals surface area contributed by atoms with Gasteiger partial charge in [0, 0.05) is 12.6 Å². The van der Waals surface area contributed by atoms with Gasteiger partial charge in [-0.15, -0.1) is 0 Å². The standard InChI is InChI=1S/C14H18BrNO4/c1-3-14(4-2,13(18)19)9-16-12(17)8-6-10-5-7-11(15)20-10/h5-8H,3-4,9H2,1-2H3,(H,16,17)(H,18,19)/b8-6+. The van der Waals surface area contributed by atoms with Crippen LogP contribution in [0.15, 0.2) is 27.3 Å². The number of carboxylic acids is 1. The van der Waals surface area contributed by atoms with Crippen molar-refractivity contribution in [2.24, 2.45) is 5.41 Å². The number of rotatable bonds is 7. The molecule has 0 saturated carbocycles. The van der Waals surface area contributed by atoms with Crippen molar-refractivity contribution in [2.75, 3.05) is 6.54 Å². The number of amides is 1. The average Bonchev–Trinajstić information content (AvgIpc) is 2.83. The third kappa shape index (κ3) is 4.23. The fourth-order valence-corrected chi connectivity index (χ4v) is 2.09. The molecule has 0 aliphatic carbocycles. The van der Waals surface area contributed by atoms with Crippen LogP contribution in [0.2, 0.25) is 0 Å². The van der Waals surface area contributed by atoms with Gasteiger partial charge in [0.1, 0.15) is 5.76 Å². The summed E-state index contributed by atoms with van der Waals surface area (Å²) >= 11 is 3.16. The van der Waals surface area contributed by atoms with E-state index in [4.69, 9.17) is 4.42 Å². The maximum Gasteiger partial charge on any atom is 0.311 e. The molecule has 0 unspecified atom stereocenters. The Kier molecular flexibility index (Phi) is 6.01.